The predicted molar refractivity (Wildman–Crippen MR) is 66.5 cm³/mol. The van der Waals surface area contributed by atoms with Gasteiger partial charge in [-0.3, -0.25) is 4.99 Å². The largest absolute Gasteiger partial charge is 0.251 e. The smallest absolute Gasteiger partial charge is 0.250 e. The molecule has 0 aliphatic carbocycles. The Morgan fingerprint density at radius 1 is 1.11 bits per heavy atom. The van der Waals surface area contributed by atoms with Gasteiger partial charge in [0.15, 0.2) is 5.37 Å². The van der Waals surface area contributed by atoms with Gasteiger partial charge in [0.1, 0.15) is 5.04 Å². The summed E-state index contributed by atoms with van der Waals surface area (Å²) < 4.78 is 45.5. The van der Waals surface area contributed by atoms with Crippen molar-refractivity contribution >= 4 is 25.1 Å². The lowest BCUT2D eigenvalue weighted by molar-refractivity contribution is 0.584. The molecule has 0 saturated carbocycles. The van der Waals surface area contributed by atoms with Crippen LogP contribution in [0.3, 0.4) is 0 Å². The van der Waals surface area contributed by atoms with Gasteiger partial charge in [0.2, 0.25) is 10.0 Å². The van der Waals surface area contributed by atoms with Crippen LogP contribution < -0.4 is 10.3 Å². The van der Waals surface area contributed by atoms with Crippen LogP contribution in [0, 0.1) is 0 Å². The van der Waals surface area contributed by atoms with Gasteiger partial charge in [-0.25, -0.2) is 27.1 Å². The van der Waals surface area contributed by atoms with E-state index < -0.39 is 25.4 Å². The minimum absolute atomic E-state index is 0.0268. The number of aliphatic imine (C=N–C) groups is 1. The highest BCUT2D eigenvalue weighted by Gasteiger charge is 2.32. The van der Waals surface area contributed by atoms with Crippen molar-refractivity contribution < 1.29 is 16.8 Å². The molecule has 4 N–H and O–H groups in total. The summed E-state index contributed by atoms with van der Waals surface area (Å²) in [5.74, 6) is 0. The number of hydrogen-bond acceptors (Lipinski definition) is 5. The number of primary sulfonamides is 2. The molecular weight excluding hydrogens is 278 g/mol. The molecule has 0 saturated heterocycles. The predicted octanol–water partition coefficient (Wildman–Crippen LogP) is -0.783. The minimum atomic E-state index is -4.04. The maximum atomic E-state index is 11.5. The Balaban J connectivity index is 2.67. The van der Waals surface area contributed by atoms with Gasteiger partial charge in [0, 0.05) is 6.42 Å². The number of sulfonamides is 2. The molecule has 18 heavy (non-hydrogen) atoms. The lowest BCUT2D eigenvalue weighted by Crippen LogP contribution is -2.32. The number of rotatable bonds is 1. The van der Waals surface area contributed by atoms with Gasteiger partial charge < -0.3 is 0 Å². The molecule has 0 fully saturated rings. The van der Waals surface area contributed by atoms with Crippen LogP contribution in [0.1, 0.15) is 16.5 Å². The van der Waals surface area contributed by atoms with E-state index in [1.54, 1.807) is 24.3 Å². The summed E-state index contributed by atoms with van der Waals surface area (Å²) in [7, 11) is -8.07. The van der Waals surface area contributed by atoms with Gasteiger partial charge in [-0.15, -0.1) is 0 Å². The molecule has 1 aromatic rings. The fourth-order valence-electron chi connectivity index (χ4n) is 1.77. The van der Waals surface area contributed by atoms with Crippen LogP contribution in [0.4, 0.5) is 0 Å². The molecule has 1 aliphatic heterocycles. The molecule has 0 amide bonds. The van der Waals surface area contributed by atoms with Crippen molar-refractivity contribution in [2.75, 3.05) is 0 Å². The summed E-state index contributed by atoms with van der Waals surface area (Å²) >= 11 is 0. The number of nitrogens with two attached hydrogens (primary N) is 2. The average molecular weight is 289 g/mol. The molecule has 0 spiro atoms. The molecular formula is C9H11N3O4S2. The van der Waals surface area contributed by atoms with Gasteiger partial charge in [0.25, 0.3) is 10.0 Å². The molecule has 1 unspecified atom stereocenters. The highest BCUT2D eigenvalue weighted by atomic mass is 32.2. The third kappa shape index (κ3) is 2.43. The second-order valence-corrected chi connectivity index (χ2v) is 7.07. The first-order chi connectivity index (χ1) is 8.19. The van der Waals surface area contributed by atoms with Gasteiger partial charge in [-0.1, -0.05) is 24.3 Å². The number of fused-ring (bicyclic) bond motifs is 1. The minimum Gasteiger partial charge on any atom is -0.250 e. The van der Waals surface area contributed by atoms with Crippen LogP contribution in [-0.2, 0) is 26.5 Å². The van der Waals surface area contributed by atoms with Crippen molar-refractivity contribution in [1.82, 2.24) is 0 Å². The highest BCUT2D eigenvalue weighted by Crippen LogP contribution is 2.30. The van der Waals surface area contributed by atoms with Crippen molar-refractivity contribution in [2.24, 2.45) is 15.3 Å². The molecule has 9 heteroatoms. The zero-order chi connectivity index (χ0) is 13.6. The van der Waals surface area contributed by atoms with E-state index in [1.165, 1.54) is 0 Å². The van der Waals surface area contributed by atoms with E-state index >= 15 is 0 Å². The summed E-state index contributed by atoms with van der Waals surface area (Å²) in [6.07, 6.45) is -0.0268. The highest BCUT2D eigenvalue weighted by molar-refractivity contribution is 8.04. The maximum Gasteiger partial charge on any atom is 0.251 e. The topological polar surface area (TPSA) is 133 Å². The van der Waals surface area contributed by atoms with E-state index in [0.717, 1.165) is 0 Å². The Hall–Kier alpha value is -1.29. The molecule has 1 atom stereocenters. The monoisotopic (exact) mass is 289 g/mol. The first kappa shape index (κ1) is 13.1. The summed E-state index contributed by atoms with van der Waals surface area (Å²) in [6, 6.07) is 6.47. The third-order valence-electron chi connectivity index (χ3n) is 2.56. The van der Waals surface area contributed by atoms with Gasteiger partial charge in [-0.2, -0.15) is 0 Å². The second-order valence-electron chi connectivity index (χ2n) is 3.88. The Labute approximate surface area is 105 Å². The van der Waals surface area contributed by atoms with E-state index in [-0.39, 0.29) is 11.5 Å². The standard InChI is InChI=1S/C9H11N3O4S2/c10-17(13,14)8-5-6-3-1-2-4-7(6)9(12-8)18(11,15)16/h1-4,9H,5H2,(H2,10,13,14)(H2,11,15,16). The van der Waals surface area contributed by atoms with Crippen molar-refractivity contribution in [3.63, 3.8) is 0 Å². The lowest BCUT2D eigenvalue weighted by atomic mass is 10.0. The molecule has 1 aromatic carbocycles. The molecule has 7 nitrogen and oxygen atoms in total. The van der Waals surface area contributed by atoms with E-state index in [0.29, 0.717) is 11.1 Å². The molecule has 0 bridgehead atoms. The first-order valence-corrected chi connectivity index (χ1v) is 8.04. The Morgan fingerprint density at radius 2 is 1.72 bits per heavy atom. The van der Waals surface area contributed by atoms with Crippen LogP contribution >= 0.6 is 0 Å². The zero-order valence-corrected chi connectivity index (χ0v) is 10.8. The Morgan fingerprint density at radius 3 is 2.28 bits per heavy atom. The van der Waals surface area contributed by atoms with Gasteiger partial charge >= 0.3 is 0 Å². The van der Waals surface area contributed by atoms with Crippen molar-refractivity contribution in [3.05, 3.63) is 35.4 Å². The summed E-state index contributed by atoms with van der Waals surface area (Å²) in [5, 5.41) is 8.24. The third-order valence-corrected chi connectivity index (χ3v) is 4.45. The van der Waals surface area contributed by atoms with Crippen molar-refractivity contribution in [3.8, 4) is 0 Å². The molecule has 2 rings (SSSR count). The van der Waals surface area contributed by atoms with Crippen molar-refractivity contribution in [2.45, 2.75) is 11.8 Å². The zero-order valence-electron chi connectivity index (χ0n) is 9.15. The van der Waals surface area contributed by atoms with E-state index in [4.69, 9.17) is 10.3 Å². The van der Waals surface area contributed by atoms with E-state index in [1.807, 2.05) is 0 Å². The molecule has 98 valence electrons. The van der Waals surface area contributed by atoms with Crippen LogP contribution in [0.25, 0.3) is 0 Å². The van der Waals surface area contributed by atoms with E-state index in [2.05, 4.69) is 4.99 Å². The maximum absolute atomic E-state index is 11.5. The van der Waals surface area contributed by atoms with Crippen LogP contribution in [-0.4, -0.2) is 21.9 Å². The summed E-state index contributed by atoms with van der Waals surface area (Å²) in [5.41, 5.74) is 0.919. The van der Waals surface area contributed by atoms with Crippen LogP contribution in [0.5, 0.6) is 0 Å². The lowest BCUT2D eigenvalue weighted by Gasteiger charge is -2.21. The quantitative estimate of drug-likeness (QED) is 0.701. The van der Waals surface area contributed by atoms with Crippen LogP contribution in [0.2, 0.25) is 0 Å². The SMILES string of the molecule is NS(=O)(=O)C1=NC(S(N)(=O)=O)c2ccccc2C1. The molecule has 0 aromatic heterocycles. The van der Waals surface area contributed by atoms with E-state index in [9.17, 15) is 16.8 Å². The van der Waals surface area contributed by atoms with Crippen LogP contribution in [0.15, 0.2) is 29.3 Å². The summed E-state index contributed by atoms with van der Waals surface area (Å²) in [6.45, 7) is 0. The Bertz CT molecular complexity index is 722. The average Bonchev–Trinajstić information content (AvgIpc) is 2.25. The normalized spacial score (nSPS) is 20.1. The summed E-state index contributed by atoms with van der Waals surface area (Å²) in [4.78, 5) is 3.66. The van der Waals surface area contributed by atoms with Gasteiger partial charge in [0.05, 0.1) is 0 Å². The molecule has 0 radical (unpaired) electrons. The van der Waals surface area contributed by atoms with Gasteiger partial charge in [-0.05, 0) is 11.1 Å². The number of nitrogens with zero attached hydrogens (tertiary/aromatic N) is 1. The molecule has 1 aliphatic rings. The number of hydrogen-bond donors (Lipinski definition) is 2. The Kier molecular flexibility index (Phi) is 3.01. The number of benzene rings is 1. The fourth-order valence-corrected chi connectivity index (χ4v) is 3.30. The molecule has 1 heterocycles. The van der Waals surface area contributed by atoms with Crippen molar-refractivity contribution in [1.29, 1.82) is 0 Å². The fraction of sp³-hybridized carbons (Fsp3) is 0.222. The first-order valence-electron chi connectivity index (χ1n) is 4.88. The second kappa shape index (κ2) is 4.12.